The number of nitrogens with zero attached hydrogens (tertiary/aromatic N) is 4. The van der Waals surface area contributed by atoms with Crippen LogP contribution in [-0.4, -0.2) is 64.2 Å². The molecule has 3 heterocycles. The van der Waals surface area contributed by atoms with E-state index in [2.05, 4.69) is 40.7 Å². The molecule has 2 saturated heterocycles. The molecule has 7 nitrogen and oxygen atoms in total. The van der Waals surface area contributed by atoms with Crippen LogP contribution in [0.25, 0.3) is 0 Å². The van der Waals surface area contributed by atoms with E-state index in [0.29, 0.717) is 12.4 Å². The molecule has 128 valence electrons. The second-order valence-electron chi connectivity index (χ2n) is 7.58. The highest BCUT2D eigenvalue weighted by Crippen LogP contribution is 2.22. The zero-order valence-corrected chi connectivity index (χ0v) is 14.4. The highest BCUT2D eigenvalue weighted by molar-refractivity contribution is 5.78. The Labute approximate surface area is 137 Å². The van der Waals surface area contributed by atoms with Gasteiger partial charge in [0.1, 0.15) is 12.1 Å². The Balaban J connectivity index is 1.51. The molecular weight excluding hydrogens is 296 g/mol. The first-order valence-electron chi connectivity index (χ1n) is 8.33. The van der Waals surface area contributed by atoms with Gasteiger partial charge < -0.3 is 9.26 Å². The number of hydrogen-bond acceptors (Lipinski definition) is 7. The summed E-state index contributed by atoms with van der Waals surface area (Å²) in [4.78, 5) is 20.9. The maximum atomic E-state index is 11.8. The second-order valence-corrected chi connectivity index (χ2v) is 7.58. The molecule has 0 aliphatic carbocycles. The third kappa shape index (κ3) is 3.72. The fourth-order valence-corrected chi connectivity index (χ4v) is 3.09. The number of esters is 1. The zero-order valence-electron chi connectivity index (χ0n) is 14.4. The average molecular weight is 322 g/mol. The standard InChI is InChI=1S/C16H26N4O3/c1-11-9-12(14(21)22-11)20-7-5-19(6-8-20)10-13-17-15(23-18-13)16(2,3)4/h11-12H,5-10H2,1-4H3/t11-,12+/m0/s1. The summed E-state index contributed by atoms with van der Waals surface area (Å²) in [5.41, 5.74) is -0.122. The van der Waals surface area contributed by atoms with Gasteiger partial charge in [-0.15, -0.1) is 0 Å². The summed E-state index contributed by atoms with van der Waals surface area (Å²) in [6.45, 7) is 12.4. The topological polar surface area (TPSA) is 71.7 Å². The van der Waals surface area contributed by atoms with Gasteiger partial charge in [-0.25, -0.2) is 0 Å². The molecule has 0 unspecified atom stereocenters. The monoisotopic (exact) mass is 322 g/mol. The van der Waals surface area contributed by atoms with Crippen molar-refractivity contribution in [3.05, 3.63) is 11.7 Å². The van der Waals surface area contributed by atoms with Crippen LogP contribution in [0.15, 0.2) is 4.52 Å². The van der Waals surface area contributed by atoms with E-state index >= 15 is 0 Å². The Morgan fingerprint density at radius 3 is 2.43 bits per heavy atom. The molecule has 3 rings (SSSR count). The van der Waals surface area contributed by atoms with Crippen molar-refractivity contribution >= 4 is 5.97 Å². The Kier molecular flexibility index (Phi) is 4.42. The summed E-state index contributed by atoms with van der Waals surface area (Å²) in [6.07, 6.45) is 0.846. The summed E-state index contributed by atoms with van der Waals surface area (Å²) in [5.74, 6) is 1.34. The molecule has 1 aromatic heterocycles. The van der Waals surface area contributed by atoms with E-state index in [4.69, 9.17) is 9.26 Å². The van der Waals surface area contributed by atoms with Crippen molar-refractivity contribution in [2.24, 2.45) is 0 Å². The van der Waals surface area contributed by atoms with Crippen LogP contribution >= 0.6 is 0 Å². The van der Waals surface area contributed by atoms with Gasteiger partial charge in [-0.05, 0) is 6.92 Å². The Hall–Kier alpha value is -1.47. The van der Waals surface area contributed by atoms with Gasteiger partial charge in [-0.2, -0.15) is 4.98 Å². The maximum absolute atomic E-state index is 11.8. The number of carbonyl (C=O) groups excluding carboxylic acids is 1. The fourth-order valence-electron chi connectivity index (χ4n) is 3.09. The Morgan fingerprint density at radius 2 is 1.91 bits per heavy atom. The number of cyclic esters (lactones) is 1. The highest BCUT2D eigenvalue weighted by Gasteiger charge is 2.37. The lowest BCUT2D eigenvalue weighted by Gasteiger charge is -2.36. The van der Waals surface area contributed by atoms with Crippen LogP contribution in [0, 0.1) is 0 Å². The third-order valence-corrected chi connectivity index (χ3v) is 4.47. The summed E-state index contributed by atoms with van der Waals surface area (Å²) >= 11 is 0. The lowest BCUT2D eigenvalue weighted by Crippen LogP contribution is -2.51. The minimum absolute atomic E-state index is 0.0423. The van der Waals surface area contributed by atoms with Gasteiger partial charge in [0.25, 0.3) is 0 Å². The molecule has 0 N–H and O–H groups in total. The van der Waals surface area contributed by atoms with Gasteiger partial charge in [0.15, 0.2) is 5.82 Å². The molecule has 2 atom stereocenters. The smallest absolute Gasteiger partial charge is 0.323 e. The lowest BCUT2D eigenvalue weighted by atomic mass is 9.97. The predicted molar refractivity (Wildman–Crippen MR) is 83.8 cm³/mol. The SMILES string of the molecule is C[C@H]1C[C@@H](N2CCN(Cc3noc(C(C)(C)C)n3)CC2)C(=O)O1. The van der Waals surface area contributed by atoms with Crippen molar-refractivity contribution in [1.29, 1.82) is 0 Å². The predicted octanol–water partition coefficient (Wildman–Crippen LogP) is 1.19. The number of rotatable bonds is 3. The first kappa shape index (κ1) is 16.4. The molecule has 2 aliphatic heterocycles. The van der Waals surface area contributed by atoms with Crippen molar-refractivity contribution in [2.75, 3.05) is 26.2 Å². The van der Waals surface area contributed by atoms with E-state index in [0.717, 1.165) is 38.4 Å². The lowest BCUT2D eigenvalue weighted by molar-refractivity contribution is -0.145. The van der Waals surface area contributed by atoms with Gasteiger partial charge >= 0.3 is 5.97 Å². The Bertz CT molecular complexity index is 558. The first-order chi connectivity index (χ1) is 10.8. The zero-order chi connectivity index (χ0) is 16.6. The molecule has 0 radical (unpaired) electrons. The van der Waals surface area contributed by atoms with E-state index in [1.165, 1.54) is 0 Å². The number of ether oxygens (including phenoxy) is 1. The third-order valence-electron chi connectivity index (χ3n) is 4.47. The van der Waals surface area contributed by atoms with Gasteiger partial charge in [-0.3, -0.25) is 14.6 Å². The molecule has 2 aliphatic rings. The normalized spacial score (nSPS) is 27.4. The fraction of sp³-hybridized carbons (Fsp3) is 0.812. The van der Waals surface area contributed by atoms with Crippen LogP contribution in [0.5, 0.6) is 0 Å². The number of carbonyl (C=O) groups is 1. The quantitative estimate of drug-likeness (QED) is 0.774. The summed E-state index contributed by atoms with van der Waals surface area (Å²) < 4.78 is 10.6. The number of piperazine rings is 1. The molecule has 0 aromatic carbocycles. The highest BCUT2D eigenvalue weighted by atomic mass is 16.6. The molecule has 1 aromatic rings. The van der Waals surface area contributed by atoms with Crippen LogP contribution < -0.4 is 0 Å². The number of aromatic nitrogens is 2. The number of hydrogen-bond donors (Lipinski definition) is 0. The molecule has 0 spiro atoms. The summed E-state index contributed by atoms with van der Waals surface area (Å²) in [7, 11) is 0. The van der Waals surface area contributed by atoms with E-state index in [9.17, 15) is 4.79 Å². The van der Waals surface area contributed by atoms with Gasteiger partial charge in [0, 0.05) is 38.0 Å². The molecule has 0 bridgehead atoms. The minimum atomic E-state index is -0.122. The second kappa shape index (κ2) is 6.20. The summed E-state index contributed by atoms with van der Waals surface area (Å²) in [5, 5.41) is 4.08. The van der Waals surface area contributed by atoms with Crippen LogP contribution in [0.1, 0.15) is 45.8 Å². The van der Waals surface area contributed by atoms with Crippen LogP contribution in [-0.2, 0) is 21.5 Å². The van der Waals surface area contributed by atoms with E-state index in [1.807, 2.05) is 6.92 Å². The molecule has 7 heteroatoms. The van der Waals surface area contributed by atoms with Crippen molar-refractivity contribution < 1.29 is 14.1 Å². The van der Waals surface area contributed by atoms with Crippen LogP contribution in [0.4, 0.5) is 0 Å². The first-order valence-corrected chi connectivity index (χ1v) is 8.33. The van der Waals surface area contributed by atoms with Crippen LogP contribution in [0.3, 0.4) is 0 Å². The molecule has 23 heavy (non-hydrogen) atoms. The van der Waals surface area contributed by atoms with Crippen LogP contribution in [0.2, 0.25) is 0 Å². The average Bonchev–Trinajstić information content (AvgIpc) is 3.06. The van der Waals surface area contributed by atoms with Crippen molar-refractivity contribution in [2.45, 2.75) is 58.2 Å². The molecule has 0 saturated carbocycles. The molecule has 0 amide bonds. The van der Waals surface area contributed by atoms with E-state index in [1.54, 1.807) is 0 Å². The van der Waals surface area contributed by atoms with E-state index in [-0.39, 0.29) is 23.5 Å². The molecular formula is C16H26N4O3. The minimum Gasteiger partial charge on any atom is -0.461 e. The van der Waals surface area contributed by atoms with Gasteiger partial charge in [0.2, 0.25) is 5.89 Å². The maximum Gasteiger partial charge on any atom is 0.323 e. The molecule has 2 fully saturated rings. The Morgan fingerprint density at radius 1 is 1.22 bits per heavy atom. The van der Waals surface area contributed by atoms with Crippen molar-refractivity contribution in [1.82, 2.24) is 19.9 Å². The summed E-state index contributed by atoms with van der Waals surface area (Å²) in [6, 6.07) is -0.0650. The van der Waals surface area contributed by atoms with Gasteiger partial charge in [-0.1, -0.05) is 25.9 Å². The van der Waals surface area contributed by atoms with Crippen molar-refractivity contribution in [3.8, 4) is 0 Å². The largest absolute Gasteiger partial charge is 0.461 e. The van der Waals surface area contributed by atoms with Crippen molar-refractivity contribution in [3.63, 3.8) is 0 Å². The van der Waals surface area contributed by atoms with Gasteiger partial charge in [0.05, 0.1) is 6.54 Å². The van der Waals surface area contributed by atoms with E-state index < -0.39 is 0 Å².